The van der Waals surface area contributed by atoms with E-state index in [2.05, 4.69) is 31.7 Å². The molecular weight excluding hydrogens is 340 g/mol. The summed E-state index contributed by atoms with van der Waals surface area (Å²) in [5.74, 6) is 0.546. The van der Waals surface area contributed by atoms with Crippen molar-refractivity contribution < 1.29 is 9.53 Å². The highest BCUT2D eigenvalue weighted by atomic mass is 32.1. The Morgan fingerprint density at radius 2 is 1.19 bits per heavy atom. The first-order valence-corrected chi connectivity index (χ1v) is 11.9. The van der Waals surface area contributed by atoms with Crippen molar-refractivity contribution in [3.63, 3.8) is 0 Å². The molecule has 0 aromatic carbocycles. The largest absolute Gasteiger partial charge is 0.465 e. The molecule has 2 nitrogen and oxygen atoms in total. The summed E-state index contributed by atoms with van der Waals surface area (Å²) in [6.45, 7) is 2.71. The summed E-state index contributed by atoms with van der Waals surface area (Å²) in [7, 11) is 0. The fourth-order valence-corrected chi connectivity index (χ4v) is 3.19. The van der Waals surface area contributed by atoms with Crippen LogP contribution in [-0.2, 0) is 9.53 Å². The molecule has 26 heavy (non-hydrogen) atoms. The van der Waals surface area contributed by atoms with Crippen LogP contribution in [0.2, 0.25) is 0 Å². The summed E-state index contributed by atoms with van der Waals surface area (Å²) in [6, 6.07) is 0. The van der Waals surface area contributed by atoms with E-state index in [1.165, 1.54) is 89.9 Å². The molecule has 0 saturated heterocycles. The summed E-state index contributed by atoms with van der Waals surface area (Å²) < 4.78 is 5.00. The van der Waals surface area contributed by atoms with Crippen molar-refractivity contribution in [3.05, 3.63) is 12.2 Å². The molecule has 0 aromatic heterocycles. The van der Waals surface area contributed by atoms with Gasteiger partial charge >= 0.3 is 5.97 Å². The molecule has 0 saturated carbocycles. The first-order chi connectivity index (χ1) is 12.8. The van der Waals surface area contributed by atoms with Crippen molar-refractivity contribution >= 4 is 18.6 Å². The van der Waals surface area contributed by atoms with Crippen LogP contribution in [0.15, 0.2) is 12.2 Å². The first kappa shape index (κ1) is 25.6. The fraction of sp³-hybridized carbons (Fsp3) is 0.870. The van der Waals surface area contributed by atoms with E-state index in [1.54, 1.807) is 0 Å². The molecule has 0 unspecified atom stereocenters. The van der Waals surface area contributed by atoms with Gasteiger partial charge in [0.2, 0.25) is 0 Å². The third-order valence-corrected chi connectivity index (χ3v) is 4.93. The van der Waals surface area contributed by atoms with Crippen LogP contribution < -0.4 is 0 Å². The first-order valence-electron chi connectivity index (χ1n) is 11.2. The van der Waals surface area contributed by atoms with Crippen LogP contribution in [0, 0.1) is 0 Å². The van der Waals surface area contributed by atoms with Gasteiger partial charge in [0.25, 0.3) is 0 Å². The van der Waals surface area contributed by atoms with Crippen LogP contribution >= 0.6 is 12.6 Å². The van der Waals surface area contributed by atoms with E-state index in [-0.39, 0.29) is 5.97 Å². The quantitative estimate of drug-likeness (QED) is 0.101. The minimum absolute atomic E-state index is 0.0661. The molecule has 0 bridgehead atoms. The second-order valence-corrected chi connectivity index (χ2v) is 7.79. The van der Waals surface area contributed by atoms with Gasteiger partial charge in [-0.25, -0.2) is 0 Å². The Bertz CT molecular complexity index is 315. The van der Waals surface area contributed by atoms with Gasteiger partial charge in [-0.15, -0.1) is 0 Å². The number of carbonyl (C=O) groups excluding carboxylic acids is 1. The summed E-state index contributed by atoms with van der Waals surface area (Å²) in [4.78, 5) is 11.3. The zero-order valence-electron chi connectivity index (χ0n) is 17.4. The van der Waals surface area contributed by atoms with E-state index < -0.39 is 0 Å². The van der Waals surface area contributed by atoms with Crippen molar-refractivity contribution in [2.45, 2.75) is 116 Å². The highest BCUT2D eigenvalue weighted by molar-refractivity contribution is 7.80. The normalized spacial score (nSPS) is 11.3. The minimum atomic E-state index is -0.0661. The van der Waals surface area contributed by atoms with Crippen molar-refractivity contribution in [2.24, 2.45) is 0 Å². The van der Waals surface area contributed by atoms with Gasteiger partial charge in [0.05, 0.1) is 0 Å². The van der Waals surface area contributed by atoms with Crippen LogP contribution in [0.3, 0.4) is 0 Å². The monoisotopic (exact) mass is 384 g/mol. The Morgan fingerprint density at radius 1 is 0.731 bits per heavy atom. The maximum atomic E-state index is 11.3. The lowest BCUT2D eigenvalue weighted by Gasteiger charge is -2.03. The van der Waals surface area contributed by atoms with Gasteiger partial charge in [-0.3, -0.25) is 4.79 Å². The van der Waals surface area contributed by atoms with Crippen LogP contribution in [0.1, 0.15) is 116 Å². The molecule has 0 aliphatic rings. The molecule has 154 valence electrons. The van der Waals surface area contributed by atoms with Gasteiger partial charge in [0, 0.05) is 12.2 Å². The topological polar surface area (TPSA) is 26.3 Å². The van der Waals surface area contributed by atoms with Gasteiger partial charge in [-0.2, -0.15) is 12.6 Å². The van der Waals surface area contributed by atoms with Gasteiger partial charge in [-0.05, 0) is 32.1 Å². The third kappa shape index (κ3) is 21.6. The molecule has 0 rings (SSSR count). The molecule has 0 aliphatic heterocycles. The number of unbranched alkanes of at least 4 members (excludes halogenated alkanes) is 14. The Hall–Kier alpha value is -0.440. The average molecular weight is 385 g/mol. The molecule has 0 heterocycles. The summed E-state index contributed by atoms with van der Waals surface area (Å²) in [5.41, 5.74) is 0. The van der Waals surface area contributed by atoms with Crippen LogP contribution in [0.5, 0.6) is 0 Å². The summed E-state index contributed by atoms with van der Waals surface area (Å²) in [6.07, 6.45) is 26.3. The van der Waals surface area contributed by atoms with Gasteiger partial charge in [0.15, 0.2) is 0 Å². The standard InChI is InChI=1S/C23H44O2S/c1-2-3-4-5-6-7-8-9-10-11-12-13-14-15-16-17-18-19-20-23(24)25-21-22-26/h9-10,26H,2-8,11-22H2,1H3/b10-9+. The second kappa shape index (κ2) is 22.6. The molecule has 0 radical (unpaired) electrons. The predicted molar refractivity (Wildman–Crippen MR) is 118 cm³/mol. The third-order valence-electron chi connectivity index (χ3n) is 4.75. The number of rotatable bonds is 20. The average Bonchev–Trinajstić information content (AvgIpc) is 2.65. The van der Waals surface area contributed by atoms with E-state index in [4.69, 9.17) is 4.74 Å². The van der Waals surface area contributed by atoms with Crippen molar-refractivity contribution in [3.8, 4) is 0 Å². The van der Waals surface area contributed by atoms with Crippen molar-refractivity contribution in [1.29, 1.82) is 0 Å². The van der Waals surface area contributed by atoms with E-state index in [0.29, 0.717) is 18.8 Å². The Balaban J connectivity index is 3.12. The van der Waals surface area contributed by atoms with Crippen molar-refractivity contribution in [1.82, 2.24) is 0 Å². The number of thiol groups is 1. The van der Waals surface area contributed by atoms with E-state index in [0.717, 1.165) is 12.8 Å². The zero-order valence-corrected chi connectivity index (χ0v) is 18.2. The summed E-state index contributed by atoms with van der Waals surface area (Å²) in [5, 5.41) is 0. The van der Waals surface area contributed by atoms with E-state index in [9.17, 15) is 4.79 Å². The maximum Gasteiger partial charge on any atom is 0.305 e. The van der Waals surface area contributed by atoms with E-state index >= 15 is 0 Å². The smallest absolute Gasteiger partial charge is 0.305 e. The maximum absolute atomic E-state index is 11.3. The zero-order chi connectivity index (χ0) is 19.1. The number of allylic oxidation sites excluding steroid dienone is 2. The Morgan fingerprint density at radius 3 is 1.69 bits per heavy atom. The molecular formula is C23H44O2S. The minimum Gasteiger partial charge on any atom is -0.465 e. The fourth-order valence-electron chi connectivity index (χ4n) is 3.10. The number of hydrogen-bond acceptors (Lipinski definition) is 3. The molecule has 0 aromatic rings. The van der Waals surface area contributed by atoms with Crippen LogP contribution in [0.25, 0.3) is 0 Å². The van der Waals surface area contributed by atoms with Crippen molar-refractivity contribution in [2.75, 3.05) is 12.4 Å². The lowest BCUT2D eigenvalue weighted by Crippen LogP contribution is -2.06. The lowest BCUT2D eigenvalue weighted by atomic mass is 10.1. The molecule has 0 spiro atoms. The number of hydrogen-bond donors (Lipinski definition) is 1. The second-order valence-electron chi connectivity index (χ2n) is 7.34. The van der Waals surface area contributed by atoms with Gasteiger partial charge < -0.3 is 4.74 Å². The van der Waals surface area contributed by atoms with Crippen LogP contribution in [0.4, 0.5) is 0 Å². The van der Waals surface area contributed by atoms with Crippen LogP contribution in [-0.4, -0.2) is 18.3 Å². The molecule has 0 N–H and O–H groups in total. The van der Waals surface area contributed by atoms with Gasteiger partial charge in [0.1, 0.15) is 6.61 Å². The highest BCUT2D eigenvalue weighted by Crippen LogP contribution is 2.12. The molecule has 0 amide bonds. The number of esters is 1. The van der Waals surface area contributed by atoms with E-state index in [1.807, 2.05) is 0 Å². The number of ether oxygens (including phenoxy) is 1. The molecule has 0 atom stereocenters. The number of carbonyl (C=O) groups is 1. The molecule has 0 fully saturated rings. The summed E-state index contributed by atoms with van der Waals surface area (Å²) >= 11 is 4.02. The predicted octanol–water partition coefficient (Wildman–Crippen LogP) is 7.67. The SMILES string of the molecule is CCCCCCCC/C=C/CCCCCCCCCCC(=O)OCCS. The molecule has 0 aliphatic carbocycles. The van der Waals surface area contributed by atoms with Gasteiger partial charge in [-0.1, -0.05) is 89.7 Å². The molecule has 3 heteroatoms. The highest BCUT2D eigenvalue weighted by Gasteiger charge is 2.01. The Kier molecular flexibility index (Phi) is 22.2. The Labute approximate surface area is 169 Å². The lowest BCUT2D eigenvalue weighted by molar-refractivity contribution is -0.143.